The standard InChI is InChI=1S/C21H32N4O/c1-2-12-25-19-11-10-17(22-16-8-4-3-5-9-16)15-18(19)20(23-25)21(26)24-13-6-7-14-24/h2,16-17,22H,1,3-15H2. The zero-order chi connectivity index (χ0) is 17.9. The minimum Gasteiger partial charge on any atom is -0.337 e. The summed E-state index contributed by atoms with van der Waals surface area (Å²) in [6.45, 7) is 6.31. The summed E-state index contributed by atoms with van der Waals surface area (Å²) in [6.07, 6.45) is 13.9. The highest BCUT2D eigenvalue weighted by atomic mass is 16.2. The number of rotatable bonds is 5. The zero-order valence-corrected chi connectivity index (χ0v) is 15.9. The van der Waals surface area contributed by atoms with Crippen molar-refractivity contribution >= 4 is 5.91 Å². The van der Waals surface area contributed by atoms with Crippen molar-refractivity contribution in [3.63, 3.8) is 0 Å². The van der Waals surface area contributed by atoms with E-state index >= 15 is 0 Å². The highest BCUT2D eigenvalue weighted by Crippen LogP contribution is 2.28. The molecule has 0 radical (unpaired) electrons. The van der Waals surface area contributed by atoms with Gasteiger partial charge in [0.15, 0.2) is 5.69 Å². The minimum atomic E-state index is 0.139. The second-order valence-corrected chi connectivity index (χ2v) is 8.19. The lowest BCUT2D eigenvalue weighted by atomic mass is 9.88. The van der Waals surface area contributed by atoms with E-state index in [1.807, 2.05) is 15.7 Å². The first-order valence-electron chi connectivity index (χ1n) is 10.5. The van der Waals surface area contributed by atoms with Gasteiger partial charge >= 0.3 is 0 Å². The fourth-order valence-electron chi connectivity index (χ4n) is 4.95. The smallest absolute Gasteiger partial charge is 0.274 e. The average Bonchev–Trinajstić information content (AvgIpc) is 3.31. The van der Waals surface area contributed by atoms with Gasteiger partial charge in [0.05, 0.1) is 6.54 Å². The maximum atomic E-state index is 13.0. The van der Waals surface area contributed by atoms with Crippen LogP contribution in [-0.2, 0) is 19.4 Å². The lowest BCUT2D eigenvalue weighted by molar-refractivity contribution is 0.0785. The molecule has 1 aliphatic heterocycles. The Kier molecular flexibility index (Phi) is 5.44. The molecule has 1 N–H and O–H groups in total. The Morgan fingerprint density at radius 3 is 2.62 bits per heavy atom. The molecule has 5 heteroatoms. The Hall–Kier alpha value is -1.62. The minimum absolute atomic E-state index is 0.139. The van der Waals surface area contributed by atoms with Gasteiger partial charge in [-0.25, -0.2) is 0 Å². The van der Waals surface area contributed by atoms with E-state index in [4.69, 9.17) is 5.10 Å². The number of likely N-dealkylation sites (tertiary alicyclic amines) is 1. The van der Waals surface area contributed by atoms with Crippen molar-refractivity contribution < 1.29 is 4.79 Å². The van der Waals surface area contributed by atoms with E-state index in [1.165, 1.54) is 43.4 Å². The van der Waals surface area contributed by atoms with Crippen LogP contribution in [-0.4, -0.2) is 45.8 Å². The molecule has 3 aliphatic rings. The van der Waals surface area contributed by atoms with E-state index in [0.29, 0.717) is 24.3 Å². The Morgan fingerprint density at radius 1 is 1.12 bits per heavy atom. The highest BCUT2D eigenvalue weighted by Gasteiger charge is 2.32. The van der Waals surface area contributed by atoms with E-state index in [0.717, 1.165) is 45.2 Å². The van der Waals surface area contributed by atoms with Crippen LogP contribution in [0, 0.1) is 0 Å². The Bertz CT molecular complexity index is 653. The van der Waals surface area contributed by atoms with Crippen molar-refractivity contribution in [2.45, 2.75) is 82.8 Å². The highest BCUT2D eigenvalue weighted by molar-refractivity contribution is 5.94. The van der Waals surface area contributed by atoms with Gasteiger partial charge in [0, 0.05) is 36.4 Å². The van der Waals surface area contributed by atoms with Gasteiger partial charge in [0.2, 0.25) is 0 Å². The molecule has 1 unspecified atom stereocenters. The number of nitrogens with one attached hydrogen (secondary N) is 1. The van der Waals surface area contributed by atoms with Crippen LogP contribution >= 0.6 is 0 Å². The molecule has 5 nitrogen and oxygen atoms in total. The number of nitrogens with zero attached hydrogens (tertiary/aromatic N) is 3. The fraction of sp³-hybridized carbons (Fsp3) is 0.714. The number of allylic oxidation sites excluding steroid dienone is 1. The van der Waals surface area contributed by atoms with E-state index in [1.54, 1.807) is 0 Å². The zero-order valence-electron chi connectivity index (χ0n) is 15.9. The summed E-state index contributed by atoms with van der Waals surface area (Å²) in [6, 6.07) is 1.15. The van der Waals surface area contributed by atoms with Crippen molar-refractivity contribution in [1.29, 1.82) is 0 Å². The van der Waals surface area contributed by atoms with Gasteiger partial charge in [-0.2, -0.15) is 5.10 Å². The van der Waals surface area contributed by atoms with Crippen LogP contribution in [0.15, 0.2) is 12.7 Å². The molecule has 1 atom stereocenters. The normalized spacial score (nSPS) is 23.8. The predicted molar refractivity (Wildman–Crippen MR) is 103 cm³/mol. The SMILES string of the molecule is C=CCn1nc(C(=O)N2CCCC2)c2c1CCC(NC1CCCCC1)C2. The first kappa shape index (κ1) is 17.8. The molecular weight excluding hydrogens is 324 g/mol. The lowest BCUT2D eigenvalue weighted by Crippen LogP contribution is -2.43. The van der Waals surface area contributed by atoms with Gasteiger partial charge in [0.25, 0.3) is 5.91 Å². The summed E-state index contributed by atoms with van der Waals surface area (Å²) in [7, 11) is 0. The number of carbonyl (C=O) groups is 1. The summed E-state index contributed by atoms with van der Waals surface area (Å²) in [5.74, 6) is 0.139. The quantitative estimate of drug-likeness (QED) is 0.825. The molecule has 142 valence electrons. The number of fused-ring (bicyclic) bond motifs is 1. The van der Waals surface area contributed by atoms with Crippen molar-refractivity contribution in [2.24, 2.45) is 0 Å². The third-order valence-corrected chi connectivity index (χ3v) is 6.32. The number of hydrogen-bond donors (Lipinski definition) is 1. The van der Waals surface area contributed by atoms with Gasteiger partial charge in [-0.15, -0.1) is 6.58 Å². The van der Waals surface area contributed by atoms with E-state index in [2.05, 4.69) is 11.9 Å². The molecule has 1 saturated heterocycles. The summed E-state index contributed by atoms with van der Waals surface area (Å²) in [5, 5.41) is 8.63. The molecule has 4 rings (SSSR count). The van der Waals surface area contributed by atoms with Crippen molar-refractivity contribution in [1.82, 2.24) is 20.0 Å². The third-order valence-electron chi connectivity index (χ3n) is 6.32. The maximum Gasteiger partial charge on any atom is 0.274 e. The van der Waals surface area contributed by atoms with E-state index < -0.39 is 0 Å². The molecule has 1 aromatic rings. The number of hydrogen-bond acceptors (Lipinski definition) is 3. The van der Waals surface area contributed by atoms with E-state index in [9.17, 15) is 4.79 Å². The molecule has 26 heavy (non-hydrogen) atoms. The summed E-state index contributed by atoms with van der Waals surface area (Å²) in [4.78, 5) is 15.0. The Balaban J connectivity index is 1.54. The van der Waals surface area contributed by atoms with Gasteiger partial charge in [-0.3, -0.25) is 9.48 Å². The van der Waals surface area contributed by atoms with Crippen molar-refractivity contribution in [2.75, 3.05) is 13.1 Å². The molecule has 0 bridgehead atoms. The van der Waals surface area contributed by atoms with Gasteiger partial charge in [-0.1, -0.05) is 25.3 Å². The van der Waals surface area contributed by atoms with Gasteiger partial charge in [0.1, 0.15) is 0 Å². The summed E-state index contributed by atoms with van der Waals surface area (Å²) >= 11 is 0. The molecule has 2 fully saturated rings. The van der Waals surface area contributed by atoms with Crippen LogP contribution in [0.5, 0.6) is 0 Å². The summed E-state index contributed by atoms with van der Waals surface area (Å²) in [5.41, 5.74) is 3.16. The third kappa shape index (κ3) is 3.59. The van der Waals surface area contributed by atoms with Crippen molar-refractivity contribution in [3.05, 3.63) is 29.6 Å². The van der Waals surface area contributed by atoms with Crippen LogP contribution in [0.25, 0.3) is 0 Å². The topological polar surface area (TPSA) is 50.2 Å². The molecule has 1 amide bonds. The first-order valence-corrected chi connectivity index (χ1v) is 10.5. The van der Waals surface area contributed by atoms with Crippen LogP contribution in [0.4, 0.5) is 0 Å². The number of amides is 1. The van der Waals surface area contributed by atoms with Crippen LogP contribution in [0.1, 0.15) is 73.1 Å². The molecule has 1 saturated carbocycles. The fourth-order valence-corrected chi connectivity index (χ4v) is 4.95. The molecule has 0 spiro atoms. The summed E-state index contributed by atoms with van der Waals surface area (Å²) < 4.78 is 2.02. The maximum absolute atomic E-state index is 13.0. The second-order valence-electron chi connectivity index (χ2n) is 8.19. The monoisotopic (exact) mass is 356 g/mol. The second kappa shape index (κ2) is 7.95. The van der Waals surface area contributed by atoms with Crippen LogP contribution < -0.4 is 5.32 Å². The van der Waals surface area contributed by atoms with Gasteiger partial charge in [-0.05, 0) is 44.9 Å². The Labute approximate surface area is 156 Å². The lowest BCUT2D eigenvalue weighted by Gasteiger charge is -2.31. The average molecular weight is 357 g/mol. The van der Waals surface area contributed by atoms with Crippen LogP contribution in [0.2, 0.25) is 0 Å². The molecular formula is C21H32N4O. The molecule has 0 aromatic carbocycles. The van der Waals surface area contributed by atoms with Crippen molar-refractivity contribution in [3.8, 4) is 0 Å². The first-order chi connectivity index (χ1) is 12.8. The number of carbonyl (C=O) groups excluding carboxylic acids is 1. The molecule has 2 heterocycles. The van der Waals surface area contributed by atoms with E-state index in [-0.39, 0.29) is 5.91 Å². The largest absolute Gasteiger partial charge is 0.337 e. The molecule has 2 aliphatic carbocycles. The Morgan fingerprint density at radius 2 is 1.88 bits per heavy atom. The van der Waals surface area contributed by atoms with Gasteiger partial charge < -0.3 is 10.2 Å². The number of aromatic nitrogens is 2. The predicted octanol–water partition coefficient (Wildman–Crippen LogP) is 3.08. The molecule has 1 aromatic heterocycles. The van der Waals surface area contributed by atoms with Crippen LogP contribution in [0.3, 0.4) is 0 Å².